The van der Waals surface area contributed by atoms with Crippen LogP contribution in [-0.2, 0) is 10.0 Å². The molecule has 18 heavy (non-hydrogen) atoms. The maximum atomic E-state index is 11.8. The largest absolute Gasteiger partial charge is 0.317 e. The van der Waals surface area contributed by atoms with Crippen molar-refractivity contribution in [1.82, 2.24) is 10.0 Å². The third-order valence-corrected chi connectivity index (χ3v) is 5.09. The molecule has 1 aliphatic rings. The molecule has 1 fully saturated rings. The molecule has 5 heteroatoms. The van der Waals surface area contributed by atoms with Crippen molar-refractivity contribution in [3.63, 3.8) is 0 Å². The molecule has 2 unspecified atom stereocenters. The smallest absolute Gasteiger partial charge is 0.211 e. The molecular weight excluding hydrogens is 248 g/mol. The van der Waals surface area contributed by atoms with Crippen molar-refractivity contribution in [3.05, 3.63) is 0 Å². The van der Waals surface area contributed by atoms with E-state index in [1.54, 1.807) is 0 Å². The molecule has 4 nitrogen and oxygen atoms in total. The first-order chi connectivity index (χ1) is 8.53. The maximum absolute atomic E-state index is 11.8. The first-order valence-electron chi connectivity index (χ1n) is 7.21. The summed E-state index contributed by atoms with van der Waals surface area (Å²) in [5.41, 5.74) is 0. The number of sulfonamides is 1. The van der Waals surface area contributed by atoms with Gasteiger partial charge in [0.25, 0.3) is 0 Å². The van der Waals surface area contributed by atoms with Crippen LogP contribution in [0.25, 0.3) is 0 Å². The molecule has 0 spiro atoms. The van der Waals surface area contributed by atoms with Crippen molar-refractivity contribution in [3.8, 4) is 0 Å². The van der Waals surface area contributed by atoms with Crippen molar-refractivity contribution in [2.75, 3.05) is 25.4 Å². The van der Waals surface area contributed by atoms with Crippen LogP contribution < -0.4 is 10.0 Å². The van der Waals surface area contributed by atoms with Gasteiger partial charge >= 0.3 is 0 Å². The summed E-state index contributed by atoms with van der Waals surface area (Å²) in [6.07, 6.45) is 5.25. The fraction of sp³-hybridized carbons (Fsp3) is 1.00. The number of rotatable bonds is 9. The quantitative estimate of drug-likeness (QED) is 0.631. The van der Waals surface area contributed by atoms with E-state index >= 15 is 0 Å². The van der Waals surface area contributed by atoms with Crippen LogP contribution in [0.4, 0.5) is 0 Å². The fourth-order valence-electron chi connectivity index (χ4n) is 2.55. The molecule has 0 amide bonds. The summed E-state index contributed by atoms with van der Waals surface area (Å²) in [4.78, 5) is 0. The highest BCUT2D eigenvalue weighted by molar-refractivity contribution is 7.89. The van der Waals surface area contributed by atoms with E-state index in [4.69, 9.17) is 0 Å². The summed E-state index contributed by atoms with van der Waals surface area (Å²) in [6, 6.07) is 0. The van der Waals surface area contributed by atoms with Crippen molar-refractivity contribution < 1.29 is 8.42 Å². The molecule has 0 aliphatic heterocycles. The van der Waals surface area contributed by atoms with Crippen molar-refractivity contribution in [2.24, 2.45) is 11.8 Å². The Bertz CT molecular complexity index is 317. The molecular formula is C13H28N2O2S. The van der Waals surface area contributed by atoms with Crippen LogP contribution in [-0.4, -0.2) is 33.8 Å². The second kappa shape index (κ2) is 8.12. The van der Waals surface area contributed by atoms with E-state index in [0.717, 1.165) is 31.8 Å². The molecule has 0 bridgehead atoms. The van der Waals surface area contributed by atoms with Gasteiger partial charge in [-0.3, -0.25) is 0 Å². The van der Waals surface area contributed by atoms with Gasteiger partial charge in [-0.05, 0) is 50.6 Å². The van der Waals surface area contributed by atoms with Gasteiger partial charge in [0.1, 0.15) is 0 Å². The normalized spacial score (nSPS) is 24.6. The van der Waals surface area contributed by atoms with Gasteiger partial charge in [-0.2, -0.15) is 0 Å². The predicted molar refractivity (Wildman–Crippen MR) is 76.1 cm³/mol. The van der Waals surface area contributed by atoms with Crippen LogP contribution in [0.5, 0.6) is 0 Å². The number of hydrogen-bond acceptors (Lipinski definition) is 3. The zero-order chi connectivity index (χ0) is 13.4. The van der Waals surface area contributed by atoms with Gasteiger partial charge < -0.3 is 5.32 Å². The highest BCUT2D eigenvalue weighted by Crippen LogP contribution is 2.29. The Balaban J connectivity index is 2.11. The molecule has 2 atom stereocenters. The lowest BCUT2D eigenvalue weighted by Crippen LogP contribution is -2.31. The minimum absolute atomic E-state index is 0.265. The van der Waals surface area contributed by atoms with Crippen LogP contribution in [0, 0.1) is 11.8 Å². The number of unbranched alkanes of at least 4 members (excludes halogenated alkanes) is 1. The van der Waals surface area contributed by atoms with Gasteiger partial charge in [-0.15, -0.1) is 0 Å². The fourth-order valence-corrected chi connectivity index (χ4v) is 3.76. The molecule has 2 N–H and O–H groups in total. The second-order valence-corrected chi connectivity index (χ2v) is 7.44. The summed E-state index contributed by atoms with van der Waals surface area (Å²) in [7, 11) is -3.05. The Morgan fingerprint density at radius 2 is 2.00 bits per heavy atom. The van der Waals surface area contributed by atoms with E-state index in [9.17, 15) is 8.42 Å². The lowest BCUT2D eigenvalue weighted by molar-refractivity contribution is 0.497. The average Bonchev–Trinajstić information content (AvgIpc) is 2.73. The summed E-state index contributed by atoms with van der Waals surface area (Å²) >= 11 is 0. The zero-order valence-electron chi connectivity index (χ0n) is 11.7. The zero-order valence-corrected chi connectivity index (χ0v) is 12.6. The van der Waals surface area contributed by atoms with E-state index in [2.05, 4.69) is 23.9 Å². The number of nitrogens with one attached hydrogen (secondary N) is 2. The second-order valence-electron chi connectivity index (χ2n) is 5.51. The van der Waals surface area contributed by atoms with Gasteiger partial charge in [0.05, 0.1) is 5.75 Å². The lowest BCUT2D eigenvalue weighted by Gasteiger charge is -2.11. The van der Waals surface area contributed by atoms with E-state index in [1.807, 2.05) is 0 Å². The van der Waals surface area contributed by atoms with E-state index in [1.165, 1.54) is 19.3 Å². The highest BCUT2D eigenvalue weighted by atomic mass is 32.2. The Morgan fingerprint density at radius 3 is 2.61 bits per heavy atom. The Morgan fingerprint density at radius 1 is 1.22 bits per heavy atom. The topological polar surface area (TPSA) is 58.2 Å². The van der Waals surface area contributed by atoms with Crippen LogP contribution in [0.3, 0.4) is 0 Å². The van der Waals surface area contributed by atoms with E-state index < -0.39 is 10.0 Å². The van der Waals surface area contributed by atoms with Gasteiger partial charge in [0.2, 0.25) is 10.0 Å². The van der Waals surface area contributed by atoms with Gasteiger partial charge in [-0.25, -0.2) is 13.1 Å². The van der Waals surface area contributed by atoms with Gasteiger partial charge in [0, 0.05) is 6.54 Å². The Hall–Kier alpha value is -0.130. The monoisotopic (exact) mass is 276 g/mol. The predicted octanol–water partition coefficient (Wildman–Crippen LogP) is 1.73. The molecule has 0 radical (unpaired) electrons. The van der Waals surface area contributed by atoms with Crippen LogP contribution >= 0.6 is 0 Å². The molecule has 0 aromatic heterocycles. The van der Waals surface area contributed by atoms with Crippen LogP contribution in [0.1, 0.15) is 46.0 Å². The summed E-state index contributed by atoms with van der Waals surface area (Å²) < 4.78 is 26.3. The van der Waals surface area contributed by atoms with Crippen molar-refractivity contribution in [2.45, 2.75) is 46.0 Å². The molecule has 1 aliphatic carbocycles. The van der Waals surface area contributed by atoms with Crippen molar-refractivity contribution >= 4 is 10.0 Å². The third-order valence-electron chi connectivity index (χ3n) is 3.66. The SMILES string of the molecule is CCNCCCCS(=O)(=O)NCC1CCC(C)C1. The van der Waals surface area contributed by atoms with Crippen LogP contribution in [0.2, 0.25) is 0 Å². The molecule has 108 valence electrons. The Labute approximate surface area is 112 Å². The minimum atomic E-state index is -3.05. The highest BCUT2D eigenvalue weighted by Gasteiger charge is 2.22. The molecule has 0 saturated heterocycles. The molecule has 1 saturated carbocycles. The third kappa shape index (κ3) is 6.71. The molecule has 0 aromatic rings. The van der Waals surface area contributed by atoms with Gasteiger partial charge in [0.15, 0.2) is 0 Å². The maximum Gasteiger partial charge on any atom is 0.211 e. The molecule has 0 heterocycles. The molecule has 1 rings (SSSR count). The van der Waals surface area contributed by atoms with E-state index in [-0.39, 0.29) is 5.75 Å². The minimum Gasteiger partial charge on any atom is -0.317 e. The standard InChI is InChI=1S/C13H28N2O2S/c1-3-14-8-4-5-9-18(16,17)15-11-13-7-6-12(2)10-13/h12-15H,3-11H2,1-2H3. The Kier molecular flexibility index (Phi) is 7.19. The van der Waals surface area contributed by atoms with Gasteiger partial charge in [-0.1, -0.05) is 20.3 Å². The van der Waals surface area contributed by atoms with E-state index in [0.29, 0.717) is 12.5 Å². The molecule has 0 aromatic carbocycles. The summed E-state index contributed by atoms with van der Waals surface area (Å²) in [5, 5.41) is 3.20. The first kappa shape index (κ1) is 15.9. The summed E-state index contributed by atoms with van der Waals surface area (Å²) in [5.74, 6) is 1.58. The first-order valence-corrected chi connectivity index (χ1v) is 8.86. The number of hydrogen-bond donors (Lipinski definition) is 2. The van der Waals surface area contributed by atoms with Crippen molar-refractivity contribution in [1.29, 1.82) is 0 Å². The summed E-state index contributed by atoms with van der Waals surface area (Å²) in [6.45, 7) is 6.80. The lowest BCUT2D eigenvalue weighted by atomic mass is 10.1. The average molecular weight is 276 g/mol. The van der Waals surface area contributed by atoms with Crippen LogP contribution in [0.15, 0.2) is 0 Å².